The third-order valence-corrected chi connectivity index (χ3v) is 4.58. The molecule has 2 atom stereocenters. The number of esters is 1. The van der Waals surface area contributed by atoms with E-state index in [1.807, 2.05) is 30.3 Å². The molecule has 5 nitrogen and oxygen atoms in total. The van der Waals surface area contributed by atoms with E-state index in [0.717, 1.165) is 10.8 Å². The summed E-state index contributed by atoms with van der Waals surface area (Å²) in [4.78, 5) is 11.6. The molecule has 2 rings (SSSR count). The summed E-state index contributed by atoms with van der Waals surface area (Å²) < 4.78 is 22.6. The van der Waals surface area contributed by atoms with Gasteiger partial charge in [0.2, 0.25) is 0 Å². The highest BCUT2D eigenvalue weighted by Gasteiger charge is 2.28. The van der Waals surface area contributed by atoms with E-state index < -0.39 is 18.9 Å². The van der Waals surface area contributed by atoms with Gasteiger partial charge in [-0.2, -0.15) is 0 Å². The van der Waals surface area contributed by atoms with Crippen molar-refractivity contribution in [3.05, 3.63) is 42.5 Å². The number of benzene rings is 2. The Morgan fingerprint density at radius 1 is 1.27 bits per heavy atom. The Morgan fingerprint density at radius 2 is 1.95 bits per heavy atom. The van der Waals surface area contributed by atoms with Gasteiger partial charge >= 0.3 is 12.8 Å². The number of carbonyl (C=O) groups is 1. The molecule has 0 aliphatic carbocycles. The van der Waals surface area contributed by atoms with E-state index in [0.29, 0.717) is 5.75 Å². The summed E-state index contributed by atoms with van der Waals surface area (Å²) >= 11 is 5.92. The topological polar surface area (TPSA) is 64.6 Å². The van der Waals surface area contributed by atoms with Crippen molar-refractivity contribution < 1.29 is 18.6 Å². The molecule has 0 heterocycles. The zero-order valence-electron chi connectivity index (χ0n) is 12.3. The van der Waals surface area contributed by atoms with Crippen LogP contribution in [0.15, 0.2) is 42.5 Å². The maximum Gasteiger partial charge on any atom is 0.409 e. The highest BCUT2D eigenvalue weighted by molar-refractivity contribution is 7.84. The van der Waals surface area contributed by atoms with Gasteiger partial charge in [-0.1, -0.05) is 36.4 Å². The summed E-state index contributed by atoms with van der Waals surface area (Å²) in [6.45, 7) is -0.288. The van der Waals surface area contributed by atoms with Crippen LogP contribution in [0.3, 0.4) is 0 Å². The lowest BCUT2D eigenvalue weighted by atomic mass is 10.1. The molecule has 0 saturated carbocycles. The van der Waals surface area contributed by atoms with E-state index in [4.69, 9.17) is 20.5 Å². The predicted molar refractivity (Wildman–Crippen MR) is 87.3 cm³/mol. The molecule has 0 aromatic heterocycles. The lowest BCUT2D eigenvalue weighted by Crippen LogP contribution is -2.33. The van der Waals surface area contributed by atoms with Crippen LogP contribution < -0.4 is 9.61 Å². The highest BCUT2D eigenvalue weighted by Crippen LogP contribution is 2.50. The number of rotatable bonds is 6. The maximum atomic E-state index is 12.4. The molecule has 1 unspecified atom stereocenters. The van der Waals surface area contributed by atoms with Gasteiger partial charge in [0.25, 0.3) is 0 Å². The molecule has 22 heavy (non-hydrogen) atoms. The van der Waals surface area contributed by atoms with E-state index in [1.165, 1.54) is 6.92 Å². The second-order valence-electron chi connectivity index (χ2n) is 4.65. The normalized spacial score (nSPS) is 15.0. The Hall–Kier alpha value is -1.55. The van der Waals surface area contributed by atoms with Crippen LogP contribution in [0.2, 0.25) is 0 Å². The number of ether oxygens (including phenoxy) is 1. The molecule has 2 aromatic rings. The zero-order chi connectivity index (χ0) is 16.2. The molecule has 0 radical (unpaired) electrons. The largest absolute Gasteiger partial charge is 0.465 e. The zero-order valence-corrected chi connectivity index (χ0v) is 13.9. The van der Waals surface area contributed by atoms with Crippen LogP contribution in [0.4, 0.5) is 0 Å². The molecular formula is C15H17ClNO4P. The minimum atomic E-state index is -3.73. The molecular weight excluding hydrogens is 325 g/mol. The SMILES string of the molecule is CCOC(=O)[C@H](C)NP(=O)(Cl)Oc1cccc2ccccc12. The van der Waals surface area contributed by atoms with E-state index in [-0.39, 0.29) is 6.61 Å². The first-order chi connectivity index (χ1) is 10.4. The van der Waals surface area contributed by atoms with Crippen LogP contribution in [0, 0.1) is 0 Å². The Balaban J connectivity index is 2.17. The summed E-state index contributed by atoms with van der Waals surface area (Å²) in [7, 11) is 0. The van der Waals surface area contributed by atoms with E-state index in [2.05, 4.69) is 5.09 Å². The van der Waals surface area contributed by atoms with Crippen molar-refractivity contribution in [1.82, 2.24) is 5.09 Å². The van der Waals surface area contributed by atoms with Gasteiger partial charge < -0.3 is 9.26 Å². The maximum absolute atomic E-state index is 12.4. The number of halogens is 1. The quantitative estimate of drug-likeness (QED) is 0.633. The third-order valence-electron chi connectivity index (χ3n) is 2.95. The summed E-state index contributed by atoms with van der Waals surface area (Å²) in [5.41, 5.74) is 0. The smallest absolute Gasteiger partial charge is 0.409 e. The van der Waals surface area contributed by atoms with Gasteiger partial charge in [0.1, 0.15) is 11.8 Å². The second-order valence-corrected chi connectivity index (χ2v) is 7.39. The van der Waals surface area contributed by atoms with Crippen molar-refractivity contribution in [1.29, 1.82) is 0 Å². The Bertz CT molecular complexity index is 716. The van der Waals surface area contributed by atoms with Crippen LogP contribution in [-0.4, -0.2) is 18.6 Å². The monoisotopic (exact) mass is 341 g/mol. The first-order valence-corrected chi connectivity index (χ1v) is 9.37. The molecule has 0 aliphatic rings. The summed E-state index contributed by atoms with van der Waals surface area (Å²) in [5, 5.41) is 4.21. The summed E-state index contributed by atoms with van der Waals surface area (Å²) in [5.74, 6) is -0.148. The minimum Gasteiger partial charge on any atom is -0.465 e. The number of hydrogen-bond acceptors (Lipinski definition) is 4. The fraction of sp³-hybridized carbons (Fsp3) is 0.267. The van der Waals surface area contributed by atoms with Gasteiger partial charge in [0, 0.05) is 16.6 Å². The van der Waals surface area contributed by atoms with Gasteiger partial charge in [-0.05, 0) is 25.3 Å². The van der Waals surface area contributed by atoms with Gasteiger partial charge in [-0.3, -0.25) is 4.79 Å². The van der Waals surface area contributed by atoms with Crippen LogP contribution in [-0.2, 0) is 14.1 Å². The molecule has 0 fully saturated rings. The van der Waals surface area contributed by atoms with E-state index >= 15 is 0 Å². The first-order valence-electron chi connectivity index (χ1n) is 6.84. The van der Waals surface area contributed by atoms with Crippen molar-refractivity contribution in [2.45, 2.75) is 19.9 Å². The van der Waals surface area contributed by atoms with Crippen molar-refractivity contribution in [3.63, 3.8) is 0 Å². The van der Waals surface area contributed by atoms with Crippen LogP contribution in [0.1, 0.15) is 13.8 Å². The number of nitrogens with one attached hydrogen (secondary N) is 1. The summed E-state index contributed by atoms with van der Waals surface area (Å²) in [6.07, 6.45) is 0. The van der Waals surface area contributed by atoms with Crippen molar-refractivity contribution >= 4 is 34.9 Å². The van der Waals surface area contributed by atoms with Crippen LogP contribution >= 0.6 is 18.1 Å². The molecule has 0 amide bonds. The third kappa shape index (κ3) is 4.23. The van der Waals surface area contributed by atoms with Crippen LogP contribution in [0.5, 0.6) is 5.75 Å². The lowest BCUT2D eigenvalue weighted by molar-refractivity contribution is -0.144. The number of fused-ring (bicyclic) bond motifs is 1. The van der Waals surface area contributed by atoms with Gasteiger partial charge in [0.15, 0.2) is 0 Å². The Kier molecular flexibility index (Phi) is 5.46. The molecule has 118 valence electrons. The molecule has 2 aromatic carbocycles. The average Bonchev–Trinajstić information content (AvgIpc) is 2.47. The van der Waals surface area contributed by atoms with E-state index in [1.54, 1.807) is 19.1 Å². The predicted octanol–water partition coefficient (Wildman–Crippen LogP) is 4.11. The number of hydrogen-bond donors (Lipinski definition) is 1. The minimum absolute atomic E-state index is 0.238. The summed E-state index contributed by atoms with van der Waals surface area (Å²) in [6, 6.07) is 12.0. The fourth-order valence-corrected chi connectivity index (χ4v) is 3.67. The van der Waals surface area contributed by atoms with Crippen molar-refractivity contribution in [3.8, 4) is 5.75 Å². The van der Waals surface area contributed by atoms with Crippen molar-refractivity contribution in [2.75, 3.05) is 6.61 Å². The Labute approximate surface area is 133 Å². The van der Waals surface area contributed by atoms with Crippen molar-refractivity contribution in [2.24, 2.45) is 0 Å². The lowest BCUT2D eigenvalue weighted by Gasteiger charge is -2.18. The Morgan fingerprint density at radius 3 is 2.68 bits per heavy atom. The second kappa shape index (κ2) is 7.14. The molecule has 0 spiro atoms. The molecule has 1 N–H and O–H groups in total. The molecule has 0 aliphatic heterocycles. The molecule has 0 saturated heterocycles. The van der Waals surface area contributed by atoms with Crippen LogP contribution in [0.25, 0.3) is 10.8 Å². The number of carbonyl (C=O) groups excluding carboxylic acids is 1. The van der Waals surface area contributed by atoms with Gasteiger partial charge in [0.05, 0.1) is 6.61 Å². The average molecular weight is 342 g/mol. The highest BCUT2D eigenvalue weighted by atomic mass is 35.7. The standard InChI is InChI=1S/C15H17ClNO4P/c1-3-20-15(18)11(2)17-22(16,19)21-14-10-6-8-12-7-4-5-9-13(12)14/h4-11H,3H2,1-2H3,(H,17,19)/t11-,22?/m0/s1. The van der Waals surface area contributed by atoms with Gasteiger partial charge in [-0.25, -0.2) is 9.65 Å². The van der Waals surface area contributed by atoms with E-state index in [9.17, 15) is 9.36 Å². The first kappa shape index (κ1) is 16.8. The van der Waals surface area contributed by atoms with Gasteiger partial charge in [-0.15, -0.1) is 0 Å². The molecule has 0 bridgehead atoms. The fourth-order valence-electron chi connectivity index (χ4n) is 1.98. The molecule has 7 heteroatoms.